The Bertz CT molecular complexity index is 191. The van der Waals surface area contributed by atoms with Gasteiger partial charge in [0.1, 0.15) is 4.75 Å². The van der Waals surface area contributed by atoms with Crippen molar-refractivity contribution >= 4 is 17.7 Å². The van der Waals surface area contributed by atoms with E-state index in [1.54, 1.807) is 7.11 Å². The van der Waals surface area contributed by atoms with Crippen LogP contribution in [0.15, 0.2) is 0 Å². The van der Waals surface area contributed by atoms with Crippen LogP contribution in [0.2, 0.25) is 0 Å². The summed E-state index contributed by atoms with van der Waals surface area (Å²) < 4.78 is 4.32. The Hall–Kier alpha value is -0.220. The van der Waals surface area contributed by atoms with Crippen LogP contribution in [-0.2, 0) is 9.53 Å². The van der Waals surface area contributed by atoms with Gasteiger partial charge in [-0.3, -0.25) is 4.79 Å². The first kappa shape index (κ1) is 10.9. The molecule has 0 bridgehead atoms. The highest BCUT2D eigenvalue weighted by Crippen LogP contribution is 2.47. The topological polar surface area (TPSA) is 46.5 Å². The first-order valence-corrected chi connectivity index (χ1v) is 5.46. The van der Waals surface area contributed by atoms with Gasteiger partial charge in [-0.1, -0.05) is 0 Å². The van der Waals surface area contributed by atoms with Gasteiger partial charge >= 0.3 is 5.97 Å². The fourth-order valence-electron chi connectivity index (χ4n) is 1.33. The van der Waals surface area contributed by atoms with Gasteiger partial charge in [0.05, 0.1) is 6.61 Å². The number of thioether (sulfide) groups is 1. The highest BCUT2D eigenvalue weighted by atomic mass is 32.2. The van der Waals surface area contributed by atoms with Crippen molar-refractivity contribution in [1.82, 2.24) is 0 Å². The fraction of sp³-hybridized carbons (Fsp3) is 0.889. The Morgan fingerprint density at radius 1 is 1.69 bits per heavy atom. The lowest BCUT2D eigenvalue weighted by Gasteiger charge is -2.23. The smallest absolute Gasteiger partial charge is 0.319 e. The maximum atomic E-state index is 11.0. The number of carboxylic acids is 1. The zero-order valence-corrected chi connectivity index (χ0v) is 8.89. The van der Waals surface area contributed by atoms with Crippen molar-refractivity contribution in [1.29, 1.82) is 0 Å². The molecule has 1 saturated carbocycles. The molecule has 0 heterocycles. The van der Waals surface area contributed by atoms with E-state index in [-0.39, 0.29) is 0 Å². The van der Waals surface area contributed by atoms with Crippen molar-refractivity contribution in [3.05, 3.63) is 0 Å². The summed E-state index contributed by atoms with van der Waals surface area (Å²) in [5.74, 6) is 0.443. The molecule has 0 spiro atoms. The second kappa shape index (κ2) is 4.33. The van der Waals surface area contributed by atoms with Crippen molar-refractivity contribution in [3.8, 4) is 0 Å². The number of carboxylic acid groups (broad SMARTS) is 1. The summed E-state index contributed by atoms with van der Waals surface area (Å²) in [7, 11) is 1.63. The largest absolute Gasteiger partial charge is 0.480 e. The average Bonchev–Trinajstić information content (AvgIpc) is 2.86. The molecule has 0 aromatic heterocycles. The van der Waals surface area contributed by atoms with Crippen LogP contribution in [0.4, 0.5) is 0 Å². The minimum Gasteiger partial charge on any atom is -0.480 e. The molecule has 1 unspecified atom stereocenters. The number of ether oxygens (including phenoxy) is 1. The number of rotatable bonds is 6. The van der Waals surface area contributed by atoms with Crippen LogP contribution < -0.4 is 0 Å². The van der Waals surface area contributed by atoms with E-state index in [1.165, 1.54) is 11.8 Å². The molecule has 4 heteroatoms. The number of carbonyl (C=O) groups is 1. The van der Waals surface area contributed by atoms with Crippen molar-refractivity contribution in [2.75, 3.05) is 19.5 Å². The minimum absolute atomic E-state index is 0.367. The zero-order valence-electron chi connectivity index (χ0n) is 8.08. The molecule has 0 aromatic carbocycles. The van der Waals surface area contributed by atoms with E-state index >= 15 is 0 Å². The van der Waals surface area contributed by atoms with E-state index in [0.717, 1.165) is 18.6 Å². The van der Waals surface area contributed by atoms with E-state index in [4.69, 9.17) is 9.84 Å². The molecule has 3 nitrogen and oxygen atoms in total. The monoisotopic (exact) mass is 204 g/mol. The van der Waals surface area contributed by atoms with Crippen molar-refractivity contribution in [3.63, 3.8) is 0 Å². The molecule has 0 saturated heterocycles. The third kappa shape index (κ3) is 2.61. The maximum absolute atomic E-state index is 11.0. The van der Waals surface area contributed by atoms with Crippen LogP contribution in [0.5, 0.6) is 0 Å². The van der Waals surface area contributed by atoms with Crippen LogP contribution in [0, 0.1) is 5.92 Å². The SMILES string of the molecule is COCCSC(C)(C(=O)O)C1CC1. The van der Waals surface area contributed by atoms with Crippen molar-refractivity contribution in [2.24, 2.45) is 5.92 Å². The van der Waals surface area contributed by atoms with Gasteiger partial charge in [-0.2, -0.15) is 0 Å². The van der Waals surface area contributed by atoms with E-state index in [1.807, 2.05) is 6.92 Å². The predicted octanol–water partition coefficient (Wildman–Crippen LogP) is 1.62. The van der Waals surface area contributed by atoms with E-state index in [9.17, 15) is 4.79 Å². The van der Waals surface area contributed by atoms with E-state index < -0.39 is 10.7 Å². The van der Waals surface area contributed by atoms with E-state index in [2.05, 4.69) is 0 Å². The Morgan fingerprint density at radius 2 is 2.31 bits per heavy atom. The van der Waals surface area contributed by atoms with Gasteiger partial charge in [-0.25, -0.2) is 0 Å². The molecule has 1 rings (SSSR count). The Kier molecular flexibility index (Phi) is 3.62. The summed E-state index contributed by atoms with van der Waals surface area (Å²) in [6.07, 6.45) is 2.12. The van der Waals surface area contributed by atoms with Gasteiger partial charge in [0, 0.05) is 12.9 Å². The summed E-state index contributed by atoms with van der Waals surface area (Å²) in [6.45, 7) is 2.45. The summed E-state index contributed by atoms with van der Waals surface area (Å²) in [6, 6.07) is 0. The lowest BCUT2D eigenvalue weighted by atomic mass is 10.1. The molecule has 0 aromatic rings. The predicted molar refractivity (Wildman–Crippen MR) is 53.1 cm³/mol. The maximum Gasteiger partial charge on any atom is 0.319 e. The van der Waals surface area contributed by atoms with Crippen LogP contribution in [0.25, 0.3) is 0 Å². The standard InChI is InChI=1S/C9H16O3S/c1-9(8(10)11,7-3-4-7)13-6-5-12-2/h7H,3-6H2,1-2H3,(H,10,11). The molecule has 0 amide bonds. The number of aliphatic carboxylic acids is 1. The highest BCUT2D eigenvalue weighted by molar-refractivity contribution is 8.01. The summed E-state index contributed by atoms with van der Waals surface area (Å²) in [5.41, 5.74) is 0. The first-order valence-electron chi connectivity index (χ1n) is 4.47. The molecule has 1 aliphatic carbocycles. The lowest BCUT2D eigenvalue weighted by Crippen LogP contribution is -2.34. The summed E-state index contributed by atoms with van der Waals surface area (Å²) >= 11 is 1.50. The molecule has 1 aliphatic rings. The third-order valence-electron chi connectivity index (χ3n) is 2.47. The normalized spacial score (nSPS) is 21.1. The van der Waals surface area contributed by atoms with Gasteiger partial charge in [-0.15, -0.1) is 11.8 Å². The molecule has 76 valence electrons. The van der Waals surface area contributed by atoms with Crippen LogP contribution >= 0.6 is 11.8 Å². The van der Waals surface area contributed by atoms with Gasteiger partial charge in [-0.05, 0) is 25.7 Å². The Labute approximate surface area is 82.8 Å². The van der Waals surface area contributed by atoms with Crippen LogP contribution in [-0.4, -0.2) is 35.3 Å². The molecular formula is C9H16O3S. The van der Waals surface area contributed by atoms with Crippen molar-refractivity contribution < 1.29 is 14.6 Å². The fourth-order valence-corrected chi connectivity index (χ4v) is 2.59. The molecule has 13 heavy (non-hydrogen) atoms. The molecule has 0 aliphatic heterocycles. The summed E-state index contributed by atoms with van der Waals surface area (Å²) in [4.78, 5) is 11.0. The number of hydrogen-bond donors (Lipinski definition) is 1. The zero-order chi connectivity index (χ0) is 9.90. The van der Waals surface area contributed by atoms with Crippen LogP contribution in [0.3, 0.4) is 0 Å². The Balaban J connectivity index is 2.42. The highest BCUT2D eigenvalue weighted by Gasteiger charge is 2.47. The van der Waals surface area contributed by atoms with Gasteiger partial charge in [0.25, 0.3) is 0 Å². The second-order valence-electron chi connectivity index (χ2n) is 3.53. The van der Waals surface area contributed by atoms with Gasteiger partial charge in [0.15, 0.2) is 0 Å². The summed E-state index contributed by atoms with van der Waals surface area (Å²) in [5, 5.41) is 9.08. The molecule has 1 N–H and O–H groups in total. The van der Waals surface area contributed by atoms with Gasteiger partial charge < -0.3 is 9.84 Å². The van der Waals surface area contributed by atoms with Gasteiger partial charge in [0.2, 0.25) is 0 Å². The third-order valence-corrected chi connectivity index (χ3v) is 3.95. The first-order chi connectivity index (χ1) is 6.11. The quantitative estimate of drug-likeness (QED) is 0.668. The number of methoxy groups -OCH3 is 1. The van der Waals surface area contributed by atoms with Crippen LogP contribution in [0.1, 0.15) is 19.8 Å². The lowest BCUT2D eigenvalue weighted by molar-refractivity contribution is -0.139. The van der Waals surface area contributed by atoms with Crippen molar-refractivity contribution in [2.45, 2.75) is 24.5 Å². The number of hydrogen-bond acceptors (Lipinski definition) is 3. The molecule has 1 atom stereocenters. The molecule has 0 radical (unpaired) electrons. The minimum atomic E-state index is -0.684. The average molecular weight is 204 g/mol. The van der Waals surface area contributed by atoms with E-state index in [0.29, 0.717) is 12.5 Å². The second-order valence-corrected chi connectivity index (χ2v) is 5.07. The Morgan fingerprint density at radius 3 is 2.69 bits per heavy atom. The molecular weight excluding hydrogens is 188 g/mol. The molecule has 1 fully saturated rings.